The number of piperidine rings is 1. The largest absolute Gasteiger partial charge is 0.453 e. The Morgan fingerprint density at radius 1 is 0.708 bits per heavy atom. The summed E-state index contributed by atoms with van der Waals surface area (Å²) in [4.78, 5) is 75.4. The van der Waals surface area contributed by atoms with Crippen molar-refractivity contribution in [2.45, 2.75) is 114 Å². The van der Waals surface area contributed by atoms with Gasteiger partial charge in [0.1, 0.15) is 23.7 Å². The van der Waals surface area contributed by atoms with Crippen molar-refractivity contribution in [2.75, 3.05) is 40.5 Å². The maximum absolute atomic E-state index is 14.1. The fourth-order valence-corrected chi connectivity index (χ4v) is 11.6. The van der Waals surface area contributed by atoms with Crippen LogP contribution < -0.4 is 10.6 Å². The van der Waals surface area contributed by atoms with Gasteiger partial charge in [-0.1, -0.05) is 64.1 Å². The summed E-state index contributed by atoms with van der Waals surface area (Å²) in [6, 6.07) is 11.5. The number of H-pyrrole nitrogens is 2. The smallest absolute Gasteiger partial charge is 0.407 e. The average molecular weight is 890 g/mol. The van der Waals surface area contributed by atoms with Gasteiger partial charge in [-0.15, -0.1) is 0 Å². The fraction of sp³-hybridized carbons (Fsp3) is 0.542. The van der Waals surface area contributed by atoms with Crippen LogP contribution in [0.5, 0.6) is 0 Å². The number of hydrogen-bond donors (Lipinski definition) is 4. The maximum Gasteiger partial charge on any atom is 0.407 e. The molecular formula is C48H59N9O8. The summed E-state index contributed by atoms with van der Waals surface area (Å²) in [7, 11) is 2.58. The van der Waals surface area contributed by atoms with Crippen molar-refractivity contribution in [3.8, 4) is 33.6 Å². The number of benzene rings is 2. The van der Waals surface area contributed by atoms with Crippen LogP contribution in [0.25, 0.3) is 33.6 Å². The third-order valence-corrected chi connectivity index (χ3v) is 14.8. The lowest BCUT2D eigenvalue weighted by Crippen LogP contribution is -2.66. The number of nitrogens with zero attached hydrogens (tertiary/aromatic N) is 5. The van der Waals surface area contributed by atoms with E-state index < -0.39 is 36.1 Å². The summed E-state index contributed by atoms with van der Waals surface area (Å²) in [5, 5.41) is 5.46. The Balaban J connectivity index is 0.913. The average Bonchev–Trinajstić information content (AvgIpc) is 4.17. The van der Waals surface area contributed by atoms with Crippen LogP contribution in [0.15, 0.2) is 48.8 Å². The molecule has 4 N–H and O–H groups in total. The zero-order chi connectivity index (χ0) is 45.5. The lowest BCUT2D eigenvalue weighted by atomic mass is 9.68. The second-order valence-corrected chi connectivity index (χ2v) is 19.5. The minimum Gasteiger partial charge on any atom is -0.453 e. The number of likely N-dealkylation sites (tertiary alicyclic amines) is 2. The Morgan fingerprint density at radius 2 is 1.25 bits per heavy atom. The first kappa shape index (κ1) is 43.1. The number of imidazole rings is 2. The second kappa shape index (κ2) is 16.3. The van der Waals surface area contributed by atoms with E-state index in [-0.39, 0.29) is 41.8 Å². The summed E-state index contributed by atoms with van der Waals surface area (Å²) in [5.74, 6) is -0.264. The Labute approximate surface area is 378 Å². The van der Waals surface area contributed by atoms with Gasteiger partial charge in [-0.05, 0) is 72.3 Å². The molecule has 5 fully saturated rings. The number of hydrogen-bond acceptors (Lipinski definition) is 11. The van der Waals surface area contributed by atoms with Gasteiger partial charge in [0, 0.05) is 36.2 Å². The molecule has 344 valence electrons. The van der Waals surface area contributed by atoms with E-state index in [4.69, 9.17) is 28.9 Å². The number of aromatic nitrogens is 4. The van der Waals surface area contributed by atoms with Gasteiger partial charge in [0.25, 0.3) is 0 Å². The molecule has 65 heavy (non-hydrogen) atoms. The zero-order valence-corrected chi connectivity index (χ0v) is 38.1. The minimum atomic E-state index is -0.939. The predicted molar refractivity (Wildman–Crippen MR) is 238 cm³/mol. The van der Waals surface area contributed by atoms with Crippen LogP contribution in [0.2, 0.25) is 0 Å². The number of amides is 4. The molecule has 0 saturated carbocycles. The van der Waals surface area contributed by atoms with Crippen LogP contribution in [-0.4, -0.2) is 123 Å². The topological polar surface area (TPSA) is 196 Å². The Bertz CT molecular complexity index is 2510. The van der Waals surface area contributed by atoms with Crippen LogP contribution in [0.4, 0.5) is 9.59 Å². The Morgan fingerprint density at radius 3 is 1.85 bits per heavy atom. The fourth-order valence-electron chi connectivity index (χ4n) is 11.6. The quantitative estimate of drug-likeness (QED) is 0.128. The van der Waals surface area contributed by atoms with E-state index >= 15 is 0 Å². The van der Waals surface area contributed by atoms with Crippen molar-refractivity contribution in [2.24, 2.45) is 11.8 Å². The van der Waals surface area contributed by atoms with Gasteiger partial charge in [0.15, 0.2) is 5.79 Å². The molecule has 4 amide bonds. The van der Waals surface area contributed by atoms with Crippen molar-refractivity contribution < 1.29 is 38.1 Å². The van der Waals surface area contributed by atoms with Gasteiger partial charge >= 0.3 is 12.2 Å². The molecular weight excluding hydrogens is 831 g/mol. The number of aromatic amines is 2. The third-order valence-electron chi connectivity index (χ3n) is 14.8. The van der Waals surface area contributed by atoms with Crippen LogP contribution in [-0.2, 0) is 28.5 Å². The van der Waals surface area contributed by atoms with Crippen molar-refractivity contribution in [1.82, 2.24) is 45.3 Å². The number of nitrogens with one attached hydrogen (secondary N) is 4. The molecule has 2 aromatic heterocycles. The summed E-state index contributed by atoms with van der Waals surface area (Å²) >= 11 is 0. The van der Waals surface area contributed by atoms with Gasteiger partial charge in [0.05, 0.1) is 69.8 Å². The molecule has 17 heteroatoms. The van der Waals surface area contributed by atoms with Crippen molar-refractivity contribution >= 4 is 24.0 Å². The standard InChI is InChI=1S/C48H59N9O8/c1-25(2)39(53-45(60)62-6)43(58)55-16-8-9-33(55)41-50-23-32(52-41)30-15-14-29(37-34-19-47(5)20-35(38(30)37)57(34)47)27-10-12-28(13-11-27)31-22-49-42(51-31)36-21-48(64-17-18-65-48)24-56(36)44(59)40(26(3)4)54-46(61)63-7/h10-15,22-23,25-26,33-36,39-40H,8-9,16-21,24H2,1-7H3,(H,49,51)(H,50,52)(H,53,60)(H,54,61)/t33-,34?,35?,36-,39-,40-,47?/m0/s1. The number of methoxy groups -OCH3 is 2. The van der Waals surface area contributed by atoms with E-state index in [9.17, 15) is 19.2 Å². The predicted octanol–water partition coefficient (Wildman–Crippen LogP) is 6.54. The first-order valence-corrected chi connectivity index (χ1v) is 23.0. The lowest BCUT2D eigenvalue weighted by Gasteiger charge is -2.65. The molecule has 1 spiro atoms. The van der Waals surface area contributed by atoms with Crippen LogP contribution in [0, 0.1) is 11.8 Å². The van der Waals surface area contributed by atoms with Gasteiger partial charge in [-0.25, -0.2) is 19.6 Å². The van der Waals surface area contributed by atoms with E-state index in [0.717, 1.165) is 59.6 Å². The van der Waals surface area contributed by atoms with Crippen molar-refractivity contribution in [1.29, 1.82) is 0 Å². The van der Waals surface area contributed by atoms with E-state index in [1.54, 1.807) is 11.1 Å². The number of rotatable bonds is 11. The molecule has 10 rings (SSSR count). The van der Waals surface area contributed by atoms with Crippen LogP contribution >= 0.6 is 0 Å². The molecule has 5 saturated heterocycles. The highest BCUT2D eigenvalue weighted by Crippen LogP contribution is 2.71. The lowest BCUT2D eigenvalue weighted by molar-refractivity contribution is -0.177. The van der Waals surface area contributed by atoms with E-state index in [2.05, 4.69) is 68.8 Å². The number of carbonyl (C=O) groups is 4. The number of carbonyl (C=O) groups excluding carboxylic acids is 4. The summed E-state index contributed by atoms with van der Waals surface area (Å²) in [5.41, 5.74) is 9.14. The summed E-state index contributed by atoms with van der Waals surface area (Å²) in [6.45, 7) is 11.7. The van der Waals surface area contributed by atoms with Crippen molar-refractivity contribution in [3.05, 3.63) is 71.6 Å². The summed E-state index contributed by atoms with van der Waals surface area (Å²) in [6.07, 6.45) is 6.67. The molecule has 17 nitrogen and oxygen atoms in total. The molecule has 0 radical (unpaired) electrons. The molecule has 0 bridgehead atoms. The third kappa shape index (κ3) is 7.17. The second-order valence-electron chi connectivity index (χ2n) is 19.5. The molecule has 4 aromatic rings. The highest BCUT2D eigenvalue weighted by molar-refractivity contribution is 5.87. The van der Waals surface area contributed by atoms with Gasteiger partial charge in [-0.2, -0.15) is 0 Å². The van der Waals surface area contributed by atoms with Gasteiger partial charge < -0.3 is 49.3 Å². The monoisotopic (exact) mass is 889 g/mol. The number of fused-ring (bicyclic) bond motifs is 3. The normalized spacial score (nSPS) is 25.9. The van der Waals surface area contributed by atoms with E-state index in [0.29, 0.717) is 44.1 Å². The Kier molecular flexibility index (Phi) is 10.8. The van der Waals surface area contributed by atoms with Crippen LogP contribution in [0.3, 0.4) is 0 Å². The molecule has 0 aliphatic carbocycles. The van der Waals surface area contributed by atoms with Crippen LogP contribution in [0.1, 0.15) is 114 Å². The first-order valence-electron chi connectivity index (χ1n) is 23.0. The minimum absolute atomic E-state index is 0.116. The highest BCUT2D eigenvalue weighted by atomic mass is 16.7. The molecule has 6 aliphatic heterocycles. The number of ether oxygens (including phenoxy) is 4. The van der Waals surface area contributed by atoms with E-state index in [1.165, 1.54) is 30.9 Å². The molecule has 3 unspecified atom stereocenters. The highest BCUT2D eigenvalue weighted by Gasteiger charge is 2.66. The van der Waals surface area contributed by atoms with Gasteiger partial charge in [-0.3, -0.25) is 14.5 Å². The Hall–Kier alpha value is -5.78. The zero-order valence-electron chi connectivity index (χ0n) is 38.1. The van der Waals surface area contributed by atoms with Gasteiger partial charge in [0.2, 0.25) is 11.8 Å². The molecule has 2 aromatic carbocycles. The first-order chi connectivity index (χ1) is 31.2. The summed E-state index contributed by atoms with van der Waals surface area (Å²) < 4.78 is 21.8. The SMILES string of the molecule is COC(=O)N[C@H](C(=O)N1CC2(C[C@H]1c1ncc(-c3ccc(-c4ccc(-c5cnc([C@@H]6CCCN6C(=O)[C@@H](NC(=O)OC)C(C)C)[nH]5)c5c4C4CC6(C)CC5N46)cc3)[nH]1)OCCO2)C(C)C. The van der Waals surface area contributed by atoms with Crippen molar-refractivity contribution in [3.63, 3.8) is 0 Å². The molecule has 6 aliphatic rings. The van der Waals surface area contributed by atoms with E-state index in [1.807, 2.05) is 38.8 Å². The number of alkyl carbamates (subject to hydrolysis) is 2. The maximum atomic E-state index is 14.1. The molecule has 7 atom stereocenters. The molecule has 8 heterocycles.